The summed E-state index contributed by atoms with van der Waals surface area (Å²) in [6.45, 7) is -0.455. The number of non-ortho nitro benzene ring substituents is 1. The maximum Gasteiger partial charge on any atom is 0.282 e. The normalized spacial score (nSPS) is 11.4. The zero-order chi connectivity index (χ0) is 26.1. The van der Waals surface area contributed by atoms with Gasteiger partial charge in [0.05, 0.1) is 22.0 Å². The van der Waals surface area contributed by atoms with Crippen molar-refractivity contribution >= 4 is 51.3 Å². The molecule has 11 nitrogen and oxygen atoms in total. The van der Waals surface area contributed by atoms with Gasteiger partial charge in [-0.25, -0.2) is 4.98 Å². The van der Waals surface area contributed by atoms with Crippen molar-refractivity contribution in [1.29, 1.82) is 0 Å². The first kappa shape index (κ1) is 23.7. The highest BCUT2D eigenvalue weighted by molar-refractivity contribution is 6.31. The Hall–Kier alpha value is -5.03. The monoisotopic (exact) mass is 517 g/mol. The Morgan fingerprint density at radius 1 is 1.19 bits per heavy atom. The van der Waals surface area contributed by atoms with E-state index in [0.29, 0.717) is 26.9 Å². The molecule has 0 saturated carbocycles. The molecule has 5 rings (SSSR count). The molecule has 0 radical (unpaired) electrons. The number of halogens is 1. The van der Waals surface area contributed by atoms with Gasteiger partial charge in [-0.05, 0) is 42.5 Å². The van der Waals surface area contributed by atoms with Crippen LogP contribution in [0.25, 0.3) is 33.5 Å². The van der Waals surface area contributed by atoms with E-state index in [0.717, 1.165) is 4.68 Å². The first-order valence-electron chi connectivity index (χ1n) is 10.8. The first-order chi connectivity index (χ1) is 17.8. The van der Waals surface area contributed by atoms with Crippen LogP contribution in [0, 0.1) is 10.1 Å². The lowest BCUT2D eigenvalue weighted by Gasteiger charge is -2.09. The Kier molecular flexibility index (Phi) is 6.12. The smallest absolute Gasteiger partial charge is 0.282 e. The summed E-state index contributed by atoms with van der Waals surface area (Å²) in [4.78, 5) is 39.9. The number of nitrogens with two attached hydrogens (primary N) is 1. The van der Waals surface area contributed by atoms with Gasteiger partial charge in [-0.2, -0.15) is 9.78 Å². The van der Waals surface area contributed by atoms with E-state index in [1.807, 2.05) is 0 Å². The number of primary amides is 1. The average molecular weight is 518 g/mol. The van der Waals surface area contributed by atoms with Crippen LogP contribution >= 0.6 is 11.6 Å². The summed E-state index contributed by atoms with van der Waals surface area (Å²) < 4.78 is 12.3. The second-order valence-corrected chi connectivity index (χ2v) is 8.28. The number of furan rings is 1. The van der Waals surface area contributed by atoms with Gasteiger partial charge in [0.15, 0.2) is 12.4 Å². The molecule has 5 aromatic rings. The second-order valence-electron chi connectivity index (χ2n) is 7.84. The van der Waals surface area contributed by atoms with E-state index in [1.54, 1.807) is 48.5 Å². The van der Waals surface area contributed by atoms with Crippen LogP contribution in [0.2, 0.25) is 5.02 Å². The minimum atomic E-state index is -0.733. The summed E-state index contributed by atoms with van der Waals surface area (Å²) in [7, 11) is 0. The molecule has 0 fully saturated rings. The molecule has 12 heteroatoms. The fourth-order valence-electron chi connectivity index (χ4n) is 3.67. The van der Waals surface area contributed by atoms with Crippen molar-refractivity contribution in [2.24, 2.45) is 10.8 Å². The number of rotatable bonds is 7. The molecule has 1 amide bonds. The molecule has 0 atom stereocenters. The average Bonchev–Trinajstić information content (AvgIpc) is 3.30. The van der Waals surface area contributed by atoms with Crippen molar-refractivity contribution in [2.75, 3.05) is 6.61 Å². The molecule has 0 aliphatic rings. The Balaban J connectivity index is 1.69. The van der Waals surface area contributed by atoms with E-state index >= 15 is 0 Å². The standard InChI is InChI=1S/C25H16ClN5O6/c26-16-5-7-21-14(9-16)11-22(37-21)24-29-19-4-2-1-3-18(19)25(33)30(24)28-12-15-10-17(31(34)35)6-8-20(15)36-13-23(27)32/h1-12H,13H2,(H2,27,32). The third kappa shape index (κ3) is 4.75. The number of ether oxygens (including phenoxy) is 1. The highest BCUT2D eigenvalue weighted by atomic mass is 35.5. The Morgan fingerprint density at radius 3 is 2.78 bits per heavy atom. The van der Waals surface area contributed by atoms with Crippen LogP contribution in [0.1, 0.15) is 5.56 Å². The number of carbonyl (C=O) groups is 1. The summed E-state index contributed by atoms with van der Waals surface area (Å²) in [5.41, 5.74) is 5.50. The molecule has 2 aromatic heterocycles. The largest absolute Gasteiger partial charge is 0.483 e. The lowest BCUT2D eigenvalue weighted by Crippen LogP contribution is -2.21. The van der Waals surface area contributed by atoms with Crippen molar-refractivity contribution < 1.29 is 18.9 Å². The van der Waals surface area contributed by atoms with E-state index in [-0.39, 0.29) is 28.6 Å². The Bertz CT molecular complexity index is 1790. The number of nitro benzene ring substituents is 1. The Labute approximate surface area is 212 Å². The van der Waals surface area contributed by atoms with Crippen molar-refractivity contribution in [2.45, 2.75) is 0 Å². The van der Waals surface area contributed by atoms with Crippen LogP contribution in [0.3, 0.4) is 0 Å². The van der Waals surface area contributed by atoms with Crippen LogP contribution in [0.15, 0.2) is 81.0 Å². The van der Waals surface area contributed by atoms with Crippen molar-refractivity contribution in [1.82, 2.24) is 9.66 Å². The highest BCUT2D eigenvalue weighted by Crippen LogP contribution is 2.29. The van der Waals surface area contributed by atoms with Gasteiger partial charge in [-0.15, -0.1) is 0 Å². The minimum Gasteiger partial charge on any atom is -0.483 e. The third-order valence-corrected chi connectivity index (χ3v) is 5.57. The molecular formula is C25H16ClN5O6. The predicted molar refractivity (Wildman–Crippen MR) is 137 cm³/mol. The fraction of sp³-hybridized carbons (Fsp3) is 0.0400. The zero-order valence-corrected chi connectivity index (χ0v) is 19.6. The molecule has 2 N–H and O–H groups in total. The van der Waals surface area contributed by atoms with Crippen LogP contribution in [-0.4, -0.2) is 33.3 Å². The third-order valence-electron chi connectivity index (χ3n) is 5.34. The van der Waals surface area contributed by atoms with Gasteiger partial charge in [-0.1, -0.05) is 23.7 Å². The highest BCUT2D eigenvalue weighted by Gasteiger charge is 2.17. The van der Waals surface area contributed by atoms with Gasteiger partial charge in [0.1, 0.15) is 11.3 Å². The number of amides is 1. The van der Waals surface area contributed by atoms with Crippen LogP contribution in [0.4, 0.5) is 5.69 Å². The number of nitro groups is 1. The van der Waals surface area contributed by atoms with Crippen LogP contribution in [0.5, 0.6) is 5.75 Å². The summed E-state index contributed by atoms with van der Waals surface area (Å²) in [6, 6.07) is 17.2. The maximum atomic E-state index is 13.4. The summed E-state index contributed by atoms with van der Waals surface area (Å²) >= 11 is 6.10. The molecule has 3 aromatic carbocycles. The SMILES string of the molecule is NC(=O)COc1ccc([N+](=O)[O-])cc1C=Nn1c(-c2cc3cc(Cl)ccc3o2)nc2ccccc2c1=O. The molecular weight excluding hydrogens is 502 g/mol. The zero-order valence-electron chi connectivity index (χ0n) is 18.8. The molecule has 2 heterocycles. The molecule has 0 aliphatic carbocycles. The lowest BCUT2D eigenvalue weighted by molar-refractivity contribution is -0.384. The minimum absolute atomic E-state index is 0.0947. The fourth-order valence-corrected chi connectivity index (χ4v) is 3.85. The second kappa shape index (κ2) is 9.55. The topological polar surface area (TPSA) is 156 Å². The molecule has 0 aliphatic heterocycles. The van der Waals surface area contributed by atoms with E-state index in [9.17, 15) is 19.7 Å². The lowest BCUT2D eigenvalue weighted by atomic mass is 10.2. The number of para-hydroxylation sites is 1. The van der Waals surface area contributed by atoms with E-state index in [1.165, 1.54) is 24.4 Å². The number of hydrogen-bond donors (Lipinski definition) is 1. The predicted octanol–water partition coefficient (Wildman–Crippen LogP) is 4.12. The van der Waals surface area contributed by atoms with Crippen molar-refractivity contribution in [3.05, 3.63) is 97.8 Å². The Morgan fingerprint density at radius 2 is 2.00 bits per heavy atom. The van der Waals surface area contributed by atoms with E-state index in [4.69, 9.17) is 26.5 Å². The molecule has 0 unspecified atom stereocenters. The van der Waals surface area contributed by atoms with Gasteiger partial charge < -0.3 is 14.9 Å². The number of aromatic nitrogens is 2. The maximum absolute atomic E-state index is 13.4. The van der Waals surface area contributed by atoms with Gasteiger partial charge in [-0.3, -0.25) is 19.7 Å². The number of benzene rings is 3. The van der Waals surface area contributed by atoms with E-state index in [2.05, 4.69) is 10.1 Å². The van der Waals surface area contributed by atoms with Crippen LogP contribution < -0.4 is 16.0 Å². The van der Waals surface area contributed by atoms with Crippen molar-refractivity contribution in [3.63, 3.8) is 0 Å². The molecule has 0 saturated heterocycles. The van der Waals surface area contributed by atoms with E-state index < -0.39 is 23.0 Å². The van der Waals surface area contributed by atoms with Gasteiger partial charge in [0, 0.05) is 28.1 Å². The number of carbonyl (C=O) groups excluding carboxylic acids is 1. The van der Waals surface area contributed by atoms with Gasteiger partial charge in [0.2, 0.25) is 5.82 Å². The molecule has 0 spiro atoms. The van der Waals surface area contributed by atoms with Gasteiger partial charge >= 0.3 is 0 Å². The molecule has 184 valence electrons. The van der Waals surface area contributed by atoms with Crippen molar-refractivity contribution in [3.8, 4) is 17.3 Å². The van der Waals surface area contributed by atoms with Crippen LogP contribution in [-0.2, 0) is 4.79 Å². The summed E-state index contributed by atoms with van der Waals surface area (Å²) in [6.07, 6.45) is 1.20. The summed E-state index contributed by atoms with van der Waals surface area (Å²) in [5.74, 6) is -0.280. The van der Waals surface area contributed by atoms with Gasteiger partial charge in [0.25, 0.3) is 17.2 Å². The summed E-state index contributed by atoms with van der Waals surface area (Å²) in [5, 5.41) is 17.1. The number of fused-ring (bicyclic) bond motifs is 2. The molecule has 37 heavy (non-hydrogen) atoms. The quantitative estimate of drug-likeness (QED) is 0.193. The number of hydrogen-bond acceptors (Lipinski definition) is 8. The molecule has 0 bridgehead atoms. The number of nitrogens with zero attached hydrogens (tertiary/aromatic N) is 4. The first-order valence-corrected chi connectivity index (χ1v) is 11.1.